The van der Waals surface area contributed by atoms with Gasteiger partial charge in [-0.2, -0.15) is 0 Å². The van der Waals surface area contributed by atoms with E-state index >= 15 is 0 Å². The Hall–Kier alpha value is -0.340. The Balaban J connectivity index is 1.51. The zero-order valence-corrected chi connectivity index (χ0v) is 19.7. The van der Waals surface area contributed by atoms with Gasteiger partial charge in [0.05, 0.1) is 6.10 Å². The van der Waals surface area contributed by atoms with Crippen molar-refractivity contribution in [3.8, 4) is 0 Å². The van der Waals surface area contributed by atoms with E-state index in [1.807, 2.05) is 0 Å². The highest BCUT2D eigenvalue weighted by molar-refractivity contribution is 5.29. The summed E-state index contributed by atoms with van der Waals surface area (Å²) in [7, 11) is 0. The highest BCUT2D eigenvalue weighted by atomic mass is 16.3. The first kappa shape index (κ1) is 21.9. The van der Waals surface area contributed by atoms with E-state index < -0.39 is 12.2 Å². The number of aliphatic hydroxyl groups is 2. The first-order valence-electron chi connectivity index (χ1n) is 12.7. The van der Waals surface area contributed by atoms with E-state index in [1.165, 1.54) is 50.5 Å². The minimum Gasteiger partial charge on any atom is -0.390 e. The van der Waals surface area contributed by atoms with Crippen molar-refractivity contribution in [2.45, 2.75) is 111 Å². The summed E-state index contributed by atoms with van der Waals surface area (Å²) in [6.45, 7) is 12.3. The maximum absolute atomic E-state index is 10.7. The minimum absolute atomic E-state index is 0.115. The van der Waals surface area contributed by atoms with E-state index in [4.69, 9.17) is 0 Å². The molecule has 0 bridgehead atoms. The molecule has 29 heavy (non-hydrogen) atoms. The van der Waals surface area contributed by atoms with E-state index in [0.29, 0.717) is 11.3 Å². The molecular weight excluding hydrogens is 356 g/mol. The number of fused-ring (bicyclic) bond motifs is 5. The molecule has 0 aliphatic heterocycles. The summed E-state index contributed by atoms with van der Waals surface area (Å²) in [5.74, 6) is 4.95. The molecule has 0 spiro atoms. The van der Waals surface area contributed by atoms with Crippen LogP contribution < -0.4 is 0 Å². The number of aliphatic hydroxyl groups excluding tert-OH is 2. The van der Waals surface area contributed by atoms with Gasteiger partial charge >= 0.3 is 0 Å². The Morgan fingerprint density at radius 1 is 0.966 bits per heavy atom. The summed E-state index contributed by atoms with van der Waals surface area (Å²) in [6, 6.07) is 0. The topological polar surface area (TPSA) is 40.5 Å². The van der Waals surface area contributed by atoms with E-state index in [1.54, 1.807) is 0 Å². The van der Waals surface area contributed by atoms with Crippen molar-refractivity contribution in [3.63, 3.8) is 0 Å². The highest BCUT2D eigenvalue weighted by Gasteiger charge is 2.60. The Morgan fingerprint density at radius 3 is 2.45 bits per heavy atom. The Kier molecular flexibility index (Phi) is 6.01. The third kappa shape index (κ3) is 3.55. The molecule has 0 radical (unpaired) electrons. The van der Waals surface area contributed by atoms with E-state index in [9.17, 15) is 10.2 Å². The molecule has 4 aliphatic rings. The molecule has 2 N–H and O–H groups in total. The third-order valence-corrected chi connectivity index (χ3v) is 10.4. The van der Waals surface area contributed by atoms with E-state index in [2.05, 4.69) is 40.7 Å². The first-order valence-corrected chi connectivity index (χ1v) is 12.7. The van der Waals surface area contributed by atoms with Crippen molar-refractivity contribution in [3.05, 3.63) is 11.6 Å². The third-order valence-electron chi connectivity index (χ3n) is 10.4. The zero-order chi connectivity index (χ0) is 21.0. The summed E-state index contributed by atoms with van der Waals surface area (Å²) < 4.78 is 0. The van der Waals surface area contributed by atoms with Crippen molar-refractivity contribution in [2.24, 2.45) is 46.3 Å². The van der Waals surface area contributed by atoms with Crippen LogP contribution in [0.4, 0.5) is 0 Å². The van der Waals surface area contributed by atoms with Gasteiger partial charge in [-0.3, -0.25) is 0 Å². The number of rotatable bonds is 5. The van der Waals surface area contributed by atoms with Crippen LogP contribution in [0.15, 0.2) is 11.6 Å². The van der Waals surface area contributed by atoms with E-state index in [0.717, 1.165) is 48.9 Å². The van der Waals surface area contributed by atoms with Gasteiger partial charge < -0.3 is 10.2 Å². The van der Waals surface area contributed by atoms with Crippen molar-refractivity contribution >= 4 is 0 Å². The largest absolute Gasteiger partial charge is 0.390 e. The lowest BCUT2D eigenvalue weighted by Gasteiger charge is -2.59. The second-order valence-corrected chi connectivity index (χ2v) is 12.3. The molecule has 0 heterocycles. The van der Waals surface area contributed by atoms with Crippen LogP contribution in [0.25, 0.3) is 0 Å². The maximum Gasteiger partial charge on any atom is 0.101 e. The Morgan fingerprint density at radius 2 is 1.72 bits per heavy atom. The van der Waals surface area contributed by atoms with Crippen LogP contribution in [0, 0.1) is 46.3 Å². The monoisotopic (exact) mass is 402 g/mol. The lowest BCUT2D eigenvalue weighted by molar-refractivity contribution is -0.0801. The number of hydrogen-bond acceptors (Lipinski definition) is 2. The van der Waals surface area contributed by atoms with Crippen molar-refractivity contribution < 1.29 is 10.2 Å². The fraction of sp³-hybridized carbons (Fsp3) is 0.926. The van der Waals surface area contributed by atoms with Crippen molar-refractivity contribution in [2.75, 3.05) is 0 Å². The standard InChI is InChI=1S/C27H46O2/c1-17(2)7-6-8-18(3)20-11-12-21-19-9-10-23-25(29)24(28)14-16-27(23,5)22(19)13-15-26(20,21)4/h10,17-22,24-25,28-29H,6-9,11-16H2,1-5H3/t18?,19?,20?,21?,22?,24-,25-,26+,27+/m0/s1. The average Bonchev–Trinajstić information content (AvgIpc) is 3.02. The molecule has 4 aliphatic carbocycles. The quantitative estimate of drug-likeness (QED) is 0.525. The SMILES string of the molecule is CC(C)CCCC(C)C1CCC2C3CC=C4[C@H](O)[C@@H](O)CC[C@]4(C)C3CC[C@]12C. The average molecular weight is 403 g/mol. The summed E-state index contributed by atoms with van der Waals surface area (Å²) in [4.78, 5) is 0. The van der Waals surface area contributed by atoms with E-state index in [-0.39, 0.29) is 5.41 Å². The molecule has 3 fully saturated rings. The molecule has 4 rings (SSSR count). The molecule has 3 saturated carbocycles. The molecular formula is C27H46O2. The zero-order valence-electron chi connectivity index (χ0n) is 19.7. The normalized spacial score (nSPS) is 47.9. The van der Waals surface area contributed by atoms with Crippen LogP contribution in [0.3, 0.4) is 0 Å². The van der Waals surface area contributed by atoms with Gasteiger partial charge in [-0.05, 0) is 96.9 Å². The molecule has 0 aromatic carbocycles. The second kappa shape index (κ2) is 7.97. The Bertz CT molecular complexity index is 624. The molecule has 0 aromatic heterocycles. The molecule has 5 unspecified atom stereocenters. The van der Waals surface area contributed by atoms with Gasteiger partial charge in [0, 0.05) is 0 Å². The van der Waals surface area contributed by atoms with Crippen molar-refractivity contribution in [1.82, 2.24) is 0 Å². The maximum atomic E-state index is 10.7. The lowest BCUT2D eigenvalue weighted by atomic mass is 9.46. The van der Waals surface area contributed by atoms with Gasteiger partial charge in [0.1, 0.15) is 6.10 Å². The molecule has 166 valence electrons. The van der Waals surface area contributed by atoms with Crippen LogP contribution in [0.1, 0.15) is 98.8 Å². The summed E-state index contributed by atoms with van der Waals surface area (Å²) in [6.07, 6.45) is 13.9. The molecule has 0 saturated heterocycles. The van der Waals surface area contributed by atoms with Gasteiger partial charge in [0.15, 0.2) is 0 Å². The first-order chi connectivity index (χ1) is 13.7. The van der Waals surface area contributed by atoms with Gasteiger partial charge in [-0.1, -0.05) is 60.0 Å². The second-order valence-electron chi connectivity index (χ2n) is 12.3. The number of allylic oxidation sites excluding steroid dienone is 1. The predicted molar refractivity (Wildman–Crippen MR) is 120 cm³/mol. The van der Waals surface area contributed by atoms with Crippen LogP contribution >= 0.6 is 0 Å². The molecule has 9 atom stereocenters. The molecule has 0 aromatic rings. The lowest BCUT2D eigenvalue weighted by Crippen LogP contribution is -2.53. The smallest absolute Gasteiger partial charge is 0.101 e. The molecule has 2 heteroatoms. The Labute approximate surface area is 179 Å². The van der Waals surface area contributed by atoms with Gasteiger partial charge in [-0.25, -0.2) is 0 Å². The van der Waals surface area contributed by atoms with Crippen molar-refractivity contribution in [1.29, 1.82) is 0 Å². The van der Waals surface area contributed by atoms with Crippen LogP contribution in [-0.4, -0.2) is 22.4 Å². The van der Waals surface area contributed by atoms with Gasteiger partial charge in [-0.15, -0.1) is 0 Å². The molecule has 2 nitrogen and oxygen atoms in total. The summed E-state index contributed by atoms with van der Waals surface area (Å²) >= 11 is 0. The fourth-order valence-electron chi connectivity index (χ4n) is 8.74. The van der Waals surface area contributed by atoms with Crippen LogP contribution in [-0.2, 0) is 0 Å². The number of hydrogen-bond donors (Lipinski definition) is 2. The highest BCUT2D eigenvalue weighted by Crippen LogP contribution is 2.67. The predicted octanol–water partition coefficient (Wildman–Crippen LogP) is 6.36. The van der Waals surface area contributed by atoms with Crippen LogP contribution in [0.2, 0.25) is 0 Å². The minimum atomic E-state index is -0.625. The van der Waals surface area contributed by atoms with Gasteiger partial charge in [0.25, 0.3) is 0 Å². The molecule has 0 amide bonds. The van der Waals surface area contributed by atoms with Crippen LogP contribution in [0.5, 0.6) is 0 Å². The summed E-state index contributed by atoms with van der Waals surface area (Å²) in [5.41, 5.74) is 1.81. The fourth-order valence-corrected chi connectivity index (χ4v) is 8.74. The summed E-state index contributed by atoms with van der Waals surface area (Å²) in [5, 5.41) is 20.9. The van der Waals surface area contributed by atoms with Gasteiger partial charge in [0.2, 0.25) is 0 Å².